The number of aliphatic hydroxyl groups excluding tert-OH is 1. The molecule has 1 amide bonds. The van der Waals surface area contributed by atoms with Crippen LogP contribution in [0.25, 0.3) is 0 Å². The number of benzene rings is 1. The lowest BCUT2D eigenvalue weighted by molar-refractivity contribution is -0.132. The summed E-state index contributed by atoms with van der Waals surface area (Å²) in [5.41, 5.74) is 1.93. The highest BCUT2D eigenvalue weighted by atomic mass is 16.5. The van der Waals surface area contributed by atoms with Crippen LogP contribution in [0, 0.1) is 5.92 Å². The maximum atomic E-state index is 12.7. The van der Waals surface area contributed by atoms with Crippen molar-refractivity contribution in [1.82, 2.24) is 4.90 Å². The van der Waals surface area contributed by atoms with Gasteiger partial charge in [-0.25, -0.2) is 0 Å². The van der Waals surface area contributed by atoms with Crippen molar-refractivity contribution in [3.8, 4) is 5.75 Å². The number of hydrogen-bond acceptors (Lipinski definition) is 4. The Bertz CT molecular complexity index is 780. The van der Waals surface area contributed by atoms with E-state index in [2.05, 4.69) is 0 Å². The van der Waals surface area contributed by atoms with E-state index in [-0.39, 0.29) is 5.91 Å². The molecule has 2 heterocycles. The maximum absolute atomic E-state index is 12.7. The van der Waals surface area contributed by atoms with Gasteiger partial charge in [-0.1, -0.05) is 25.3 Å². The van der Waals surface area contributed by atoms with Gasteiger partial charge in [0.1, 0.15) is 18.1 Å². The average Bonchev–Trinajstić information content (AvgIpc) is 3.16. The Hall–Kier alpha value is -2.27. The third-order valence-corrected chi connectivity index (χ3v) is 6.02. The van der Waals surface area contributed by atoms with E-state index in [0.717, 1.165) is 35.5 Å². The Kier molecular flexibility index (Phi) is 6.01. The van der Waals surface area contributed by atoms with Crippen LogP contribution < -0.4 is 4.74 Å². The minimum absolute atomic E-state index is 0.103. The summed E-state index contributed by atoms with van der Waals surface area (Å²) in [6.45, 7) is 1.59. The molecule has 0 spiro atoms. The van der Waals surface area contributed by atoms with Crippen LogP contribution in [0.1, 0.15) is 61.5 Å². The lowest BCUT2D eigenvalue weighted by atomic mass is 9.82. The van der Waals surface area contributed by atoms with Gasteiger partial charge in [-0.15, -0.1) is 0 Å². The molecule has 1 aliphatic heterocycles. The maximum Gasteiger partial charge on any atom is 0.223 e. The third-order valence-electron chi connectivity index (χ3n) is 6.02. The Morgan fingerprint density at radius 2 is 2.07 bits per heavy atom. The van der Waals surface area contributed by atoms with E-state index in [4.69, 9.17) is 9.15 Å². The minimum atomic E-state index is -0.433. The number of ether oxygens (including phenoxy) is 1. The molecule has 1 saturated carbocycles. The summed E-state index contributed by atoms with van der Waals surface area (Å²) in [7, 11) is 0. The molecule has 5 heteroatoms. The van der Waals surface area contributed by atoms with Gasteiger partial charge in [-0.3, -0.25) is 4.79 Å². The number of nitrogens with zero attached hydrogens (tertiary/aromatic N) is 1. The molecule has 2 aromatic rings. The van der Waals surface area contributed by atoms with Crippen molar-refractivity contribution in [3.05, 3.63) is 53.5 Å². The molecule has 2 aliphatic rings. The molecule has 1 aromatic carbocycles. The van der Waals surface area contributed by atoms with Gasteiger partial charge in [0.2, 0.25) is 5.91 Å². The van der Waals surface area contributed by atoms with Gasteiger partial charge in [0.05, 0.1) is 18.9 Å². The van der Waals surface area contributed by atoms with Crippen LogP contribution in [0.5, 0.6) is 5.75 Å². The first kappa shape index (κ1) is 19.1. The zero-order valence-electron chi connectivity index (χ0n) is 16.3. The first-order valence-electron chi connectivity index (χ1n) is 10.4. The van der Waals surface area contributed by atoms with Crippen LogP contribution in [-0.4, -0.2) is 29.1 Å². The SMILES string of the molecule is O=C(CCc1ccco1)N1CCOc2ccc(C(O)C3CCCCC3)cc2C1. The molecule has 1 aliphatic carbocycles. The van der Waals surface area contributed by atoms with Gasteiger partial charge in [0, 0.05) is 24.9 Å². The zero-order chi connectivity index (χ0) is 19.3. The smallest absolute Gasteiger partial charge is 0.223 e. The molecule has 28 heavy (non-hydrogen) atoms. The summed E-state index contributed by atoms with van der Waals surface area (Å²) in [6, 6.07) is 9.70. The van der Waals surface area contributed by atoms with E-state index >= 15 is 0 Å². The summed E-state index contributed by atoms with van der Waals surface area (Å²) in [6.07, 6.45) is 8.09. The van der Waals surface area contributed by atoms with Gasteiger partial charge in [0.15, 0.2) is 0 Å². The first-order chi connectivity index (χ1) is 13.7. The molecule has 1 N–H and O–H groups in total. The van der Waals surface area contributed by atoms with Crippen molar-refractivity contribution >= 4 is 5.91 Å². The lowest BCUT2D eigenvalue weighted by Gasteiger charge is -2.27. The Morgan fingerprint density at radius 3 is 2.86 bits per heavy atom. The van der Waals surface area contributed by atoms with Crippen molar-refractivity contribution in [1.29, 1.82) is 0 Å². The minimum Gasteiger partial charge on any atom is -0.491 e. The molecular formula is C23H29NO4. The summed E-state index contributed by atoms with van der Waals surface area (Å²) >= 11 is 0. The molecule has 1 aromatic heterocycles. The quantitative estimate of drug-likeness (QED) is 0.838. The summed E-state index contributed by atoms with van der Waals surface area (Å²) in [5.74, 6) is 2.09. The van der Waals surface area contributed by atoms with Crippen LogP contribution in [0.2, 0.25) is 0 Å². The topological polar surface area (TPSA) is 62.9 Å². The van der Waals surface area contributed by atoms with Crippen LogP contribution in [0.4, 0.5) is 0 Å². The number of carbonyl (C=O) groups excluding carboxylic acids is 1. The van der Waals surface area contributed by atoms with Gasteiger partial charge in [0.25, 0.3) is 0 Å². The second-order valence-corrected chi connectivity index (χ2v) is 7.95. The van der Waals surface area contributed by atoms with Crippen molar-refractivity contribution < 1.29 is 19.1 Å². The van der Waals surface area contributed by atoms with E-state index in [1.807, 2.05) is 35.2 Å². The fraction of sp³-hybridized carbons (Fsp3) is 0.522. The molecule has 0 saturated heterocycles. The van der Waals surface area contributed by atoms with Crippen LogP contribution in [0.15, 0.2) is 41.0 Å². The van der Waals surface area contributed by atoms with Crippen molar-refractivity contribution in [2.75, 3.05) is 13.2 Å². The highest BCUT2D eigenvalue weighted by molar-refractivity contribution is 5.76. The van der Waals surface area contributed by atoms with Gasteiger partial charge in [-0.2, -0.15) is 0 Å². The largest absolute Gasteiger partial charge is 0.491 e. The van der Waals surface area contributed by atoms with Gasteiger partial charge in [-0.05, 0) is 48.6 Å². The van der Waals surface area contributed by atoms with Crippen molar-refractivity contribution in [2.24, 2.45) is 5.92 Å². The normalized spacial score (nSPS) is 18.8. The molecule has 1 unspecified atom stereocenters. The Balaban J connectivity index is 1.44. The lowest BCUT2D eigenvalue weighted by Crippen LogP contribution is -2.32. The predicted molar refractivity (Wildman–Crippen MR) is 106 cm³/mol. The number of rotatable bonds is 5. The summed E-state index contributed by atoms with van der Waals surface area (Å²) in [4.78, 5) is 14.6. The second-order valence-electron chi connectivity index (χ2n) is 7.95. The molecular weight excluding hydrogens is 354 g/mol. The van der Waals surface area contributed by atoms with E-state index in [1.54, 1.807) is 6.26 Å². The number of carbonyl (C=O) groups is 1. The van der Waals surface area contributed by atoms with Gasteiger partial charge >= 0.3 is 0 Å². The highest BCUT2D eigenvalue weighted by Crippen LogP contribution is 2.36. The van der Waals surface area contributed by atoms with E-state index in [0.29, 0.717) is 38.5 Å². The number of aliphatic hydroxyl groups is 1. The van der Waals surface area contributed by atoms with E-state index in [1.165, 1.54) is 19.3 Å². The molecule has 0 radical (unpaired) electrons. The molecule has 0 bridgehead atoms. The Morgan fingerprint density at radius 1 is 1.21 bits per heavy atom. The summed E-state index contributed by atoms with van der Waals surface area (Å²) < 4.78 is 11.2. The number of aryl methyl sites for hydroxylation is 1. The first-order valence-corrected chi connectivity index (χ1v) is 10.4. The number of fused-ring (bicyclic) bond motifs is 1. The van der Waals surface area contributed by atoms with Crippen LogP contribution >= 0.6 is 0 Å². The molecule has 4 rings (SSSR count). The van der Waals surface area contributed by atoms with Crippen LogP contribution in [0.3, 0.4) is 0 Å². The molecule has 1 atom stereocenters. The molecule has 1 fully saturated rings. The average molecular weight is 383 g/mol. The molecule has 5 nitrogen and oxygen atoms in total. The fourth-order valence-electron chi connectivity index (χ4n) is 4.38. The fourth-order valence-corrected chi connectivity index (χ4v) is 4.38. The number of hydrogen-bond donors (Lipinski definition) is 1. The highest BCUT2D eigenvalue weighted by Gasteiger charge is 2.25. The third kappa shape index (κ3) is 4.41. The van der Waals surface area contributed by atoms with Crippen LogP contribution in [-0.2, 0) is 17.8 Å². The van der Waals surface area contributed by atoms with Crippen molar-refractivity contribution in [2.45, 2.75) is 57.6 Å². The van der Waals surface area contributed by atoms with Crippen molar-refractivity contribution in [3.63, 3.8) is 0 Å². The second kappa shape index (κ2) is 8.82. The van der Waals surface area contributed by atoms with E-state index < -0.39 is 6.10 Å². The predicted octanol–water partition coefficient (Wildman–Crippen LogP) is 4.25. The summed E-state index contributed by atoms with van der Waals surface area (Å²) in [5, 5.41) is 10.9. The number of furan rings is 1. The van der Waals surface area contributed by atoms with E-state index in [9.17, 15) is 9.90 Å². The Labute approximate surface area is 166 Å². The zero-order valence-corrected chi connectivity index (χ0v) is 16.3. The standard InChI is InChI=1S/C23H29NO4/c25-22(11-9-20-7-4-13-27-20)24-12-14-28-21-10-8-18(15-19(21)16-24)23(26)17-5-2-1-3-6-17/h4,7-8,10,13,15,17,23,26H,1-3,5-6,9,11-12,14,16H2. The van der Waals surface area contributed by atoms with Gasteiger partial charge < -0.3 is 19.2 Å². The molecule has 150 valence electrons. The monoisotopic (exact) mass is 383 g/mol. The number of amides is 1.